The Hall–Kier alpha value is -0.0800. The molecule has 0 saturated carbocycles. The van der Waals surface area contributed by atoms with Crippen LogP contribution < -0.4 is 0 Å². The molecule has 0 bridgehead atoms. The Balaban J connectivity index is 0.000000531. The predicted octanol–water partition coefficient (Wildman–Crippen LogP) is 2.45. The lowest BCUT2D eigenvalue weighted by Gasteiger charge is -2.54. The molecule has 2 heterocycles. The van der Waals surface area contributed by atoms with E-state index in [4.69, 9.17) is 0 Å². The summed E-state index contributed by atoms with van der Waals surface area (Å²) in [4.78, 5) is 5.10. The van der Waals surface area contributed by atoms with Crippen LogP contribution in [0.25, 0.3) is 0 Å². The lowest BCUT2D eigenvalue weighted by molar-refractivity contribution is -0.0480. The van der Waals surface area contributed by atoms with Crippen LogP contribution in [0.3, 0.4) is 0 Å². The van der Waals surface area contributed by atoms with Crippen molar-refractivity contribution in [2.45, 2.75) is 46.6 Å². The molecule has 2 aliphatic heterocycles. The molecule has 2 nitrogen and oxygen atoms in total. The first-order valence-electron chi connectivity index (χ1n) is 6.54. The maximum absolute atomic E-state index is 2.65. The van der Waals surface area contributed by atoms with Crippen LogP contribution >= 0.6 is 0 Å². The minimum Gasteiger partial charge on any atom is -0.305 e. The summed E-state index contributed by atoms with van der Waals surface area (Å²) in [7, 11) is 2.24. The Morgan fingerprint density at radius 1 is 1.07 bits per heavy atom. The van der Waals surface area contributed by atoms with Crippen molar-refractivity contribution in [2.24, 2.45) is 5.41 Å². The second-order valence-electron chi connectivity index (χ2n) is 5.34. The van der Waals surface area contributed by atoms with E-state index in [1.807, 2.05) is 13.8 Å². The van der Waals surface area contributed by atoms with Gasteiger partial charge in [-0.2, -0.15) is 0 Å². The second-order valence-corrected chi connectivity index (χ2v) is 5.34. The van der Waals surface area contributed by atoms with Crippen LogP contribution in [-0.4, -0.2) is 49.1 Å². The molecule has 0 aliphatic carbocycles. The molecule has 0 aromatic rings. The van der Waals surface area contributed by atoms with Gasteiger partial charge in [-0.25, -0.2) is 0 Å². The SMILES string of the molecule is CC.CC(C)N1CCCC2(CN(C)C2)C1. The quantitative estimate of drug-likeness (QED) is 0.659. The summed E-state index contributed by atoms with van der Waals surface area (Å²) >= 11 is 0. The zero-order valence-electron chi connectivity index (χ0n) is 11.2. The number of rotatable bonds is 1. The van der Waals surface area contributed by atoms with Gasteiger partial charge in [0, 0.05) is 31.1 Å². The molecule has 0 radical (unpaired) electrons. The maximum atomic E-state index is 2.65. The van der Waals surface area contributed by atoms with Crippen LogP contribution in [0.4, 0.5) is 0 Å². The third kappa shape index (κ3) is 2.94. The van der Waals surface area contributed by atoms with Gasteiger partial charge in [0.05, 0.1) is 0 Å². The van der Waals surface area contributed by atoms with E-state index < -0.39 is 0 Å². The van der Waals surface area contributed by atoms with Gasteiger partial charge in [-0.3, -0.25) is 0 Å². The van der Waals surface area contributed by atoms with Crippen molar-refractivity contribution in [1.82, 2.24) is 9.80 Å². The summed E-state index contributed by atoms with van der Waals surface area (Å²) in [6.45, 7) is 14.0. The van der Waals surface area contributed by atoms with E-state index in [0.29, 0.717) is 5.41 Å². The molecular formula is C13H28N2. The first-order valence-corrected chi connectivity index (χ1v) is 6.54. The van der Waals surface area contributed by atoms with Gasteiger partial charge in [-0.1, -0.05) is 13.8 Å². The molecular weight excluding hydrogens is 184 g/mol. The molecule has 2 rings (SSSR count). The van der Waals surface area contributed by atoms with Crippen molar-refractivity contribution < 1.29 is 0 Å². The van der Waals surface area contributed by atoms with Crippen molar-refractivity contribution in [1.29, 1.82) is 0 Å². The molecule has 0 atom stereocenters. The van der Waals surface area contributed by atoms with Gasteiger partial charge in [0.2, 0.25) is 0 Å². The molecule has 0 amide bonds. The molecule has 90 valence electrons. The lowest BCUT2D eigenvalue weighted by Crippen LogP contribution is -2.62. The van der Waals surface area contributed by atoms with E-state index in [-0.39, 0.29) is 0 Å². The van der Waals surface area contributed by atoms with Crippen molar-refractivity contribution in [3.63, 3.8) is 0 Å². The topological polar surface area (TPSA) is 6.48 Å². The highest BCUT2D eigenvalue weighted by Gasteiger charge is 2.44. The van der Waals surface area contributed by atoms with Gasteiger partial charge in [0.25, 0.3) is 0 Å². The largest absolute Gasteiger partial charge is 0.305 e. The fourth-order valence-corrected chi connectivity index (χ4v) is 3.04. The summed E-state index contributed by atoms with van der Waals surface area (Å²) in [6, 6.07) is 0.739. The molecule has 2 fully saturated rings. The average molecular weight is 212 g/mol. The fraction of sp³-hybridized carbons (Fsp3) is 1.00. The van der Waals surface area contributed by atoms with E-state index in [1.54, 1.807) is 0 Å². The number of nitrogens with zero attached hydrogens (tertiary/aromatic N) is 2. The Morgan fingerprint density at radius 2 is 1.67 bits per heavy atom. The summed E-state index contributed by atoms with van der Waals surface area (Å²) in [5.74, 6) is 0. The smallest absolute Gasteiger partial charge is 0.00851 e. The Labute approximate surface area is 95.6 Å². The van der Waals surface area contributed by atoms with Gasteiger partial charge in [0.15, 0.2) is 0 Å². The molecule has 0 aromatic carbocycles. The zero-order valence-corrected chi connectivity index (χ0v) is 11.2. The third-order valence-corrected chi connectivity index (χ3v) is 3.63. The molecule has 2 saturated heterocycles. The van der Waals surface area contributed by atoms with Gasteiger partial charge in [-0.05, 0) is 40.3 Å². The predicted molar refractivity (Wildman–Crippen MR) is 67.2 cm³/mol. The van der Waals surface area contributed by atoms with Gasteiger partial charge in [0.1, 0.15) is 0 Å². The number of hydrogen-bond donors (Lipinski definition) is 0. The molecule has 2 aliphatic rings. The van der Waals surface area contributed by atoms with Gasteiger partial charge >= 0.3 is 0 Å². The maximum Gasteiger partial charge on any atom is 0.00851 e. The van der Waals surface area contributed by atoms with Gasteiger partial charge < -0.3 is 9.80 Å². The molecule has 1 spiro atoms. The van der Waals surface area contributed by atoms with Crippen LogP contribution in [0, 0.1) is 5.41 Å². The van der Waals surface area contributed by atoms with Crippen LogP contribution in [-0.2, 0) is 0 Å². The highest BCUT2D eigenvalue weighted by Crippen LogP contribution is 2.38. The normalized spacial score (nSPS) is 26.0. The van der Waals surface area contributed by atoms with E-state index in [9.17, 15) is 0 Å². The molecule has 0 unspecified atom stereocenters. The van der Waals surface area contributed by atoms with Crippen LogP contribution in [0.15, 0.2) is 0 Å². The van der Waals surface area contributed by atoms with Crippen molar-refractivity contribution in [2.75, 3.05) is 33.2 Å². The monoisotopic (exact) mass is 212 g/mol. The lowest BCUT2D eigenvalue weighted by atomic mass is 9.73. The number of likely N-dealkylation sites (tertiary alicyclic amines) is 2. The Morgan fingerprint density at radius 3 is 2.13 bits per heavy atom. The van der Waals surface area contributed by atoms with Crippen LogP contribution in [0.2, 0.25) is 0 Å². The Bertz CT molecular complexity index is 177. The molecule has 15 heavy (non-hydrogen) atoms. The fourth-order valence-electron chi connectivity index (χ4n) is 3.04. The van der Waals surface area contributed by atoms with E-state index in [2.05, 4.69) is 30.7 Å². The van der Waals surface area contributed by atoms with Crippen molar-refractivity contribution in [3.8, 4) is 0 Å². The highest BCUT2D eigenvalue weighted by molar-refractivity contribution is 4.98. The average Bonchev–Trinajstić information content (AvgIpc) is 2.19. The minimum absolute atomic E-state index is 0.678. The van der Waals surface area contributed by atoms with Crippen LogP contribution in [0.5, 0.6) is 0 Å². The van der Waals surface area contributed by atoms with E-state index in [0.717, 1.165) is 6.04 Å². The second kappa shape index (κ2) is 5.31. The third-order valence-electron chi connectivity index (χ3n) is 3.63. The summed E-state index contributed by atoms with van der Waals surface area (Å²) in [6.07, 6.45) is 2.87. The summed E-state index contributed by atoms with van der Waals surface area (Å²) < 4.78 is 0. The number of hydrogen-bond acceptors (Lipinski definition) is 2. The van der Waals surface area contributed by atoms with Gasteiger partial charge in [-0.15, -0.1) is 0 Å². The van der Waals surface area contributed by atoms with Crippen LogP contribution in [0.1, 0.15) is 40.5 Å². The molecule has 0 N–H and O–H groups in total. The first kappa shape index (κ1) is 13.0. The van der Waals surface area contributed by atoms with Crippen molar-refractivity contribution in [3.05, 3.63) is 0 Å². The first-order chi connectivity index (χ1) is 7.11. The van der Waals surface area contributed by atoms with E-state index >= 15 is 0 Å². The van der Waals surface area contributed by atoms with E-state index in [1.165, 1.54) is 39.0 Å². The molecule has 2 heteroatoms. The van der Waals surface area contributed by atoms with Crippen molar-refractivity contribution >= 4 is 0 Å². The summed E-state index contributed by atoms with van der Waals surface area (Å²) in [5.41, 5.74) is 0.678. The minimum atomic E-state index is 0.678. The highest BCUT2D eigenvalue weighted by atomic mass is 15.2. The summed E-state index contributed by atoms with van der Waals surface area (Å²) in [5, 5.41) is 0. The zero-order chi connectivity index (χ0) is 11.5. The molecule has 0 aromatic heterocycles. The Kier molecular flexibility index (Phi) is 4.60. The standard InChI is InChI=1S/C11H22N2.C2H6/c1-10(2)13-6-4-5-11(9-13)7-12(3)8-11;1-2/h10H,4-9H2,1-3H3;1-2H3. The number of piperidine rings is 1.